The van der Waals surface area contributed by atoms with Crippen molar-refractivity contribution >= 4 is 13.3 Å². The first kappa shape index (κ1) is 11.3. The highest BCUT2D eigenvalue weighted by Crippen LogP contribution is 2.37. The van der Waals surface area contributed by atoms with Crippen LogP contribution in [0.3, 0.4) is 0 Å². The quantitative estimate of drug-likeness (QED) is 0.521. The third-order valence-corrected chi connectivity index (χ3v) is 8.82. The van der Waals surface area contributed by atoms with Crippen molar-refractivity contribution in [2.75, 3.05) is 0 Å². The Morgan fingerprint density at radius 2 is 1.64 bits per heavy atom. The lowest BCUT2D eigenvalue weighted by Gasteiger charge is -2.38. The van der Waals surface area contributed by atoms with Crippen molar-refractivity contribution in [1.82, 2.24) is 0 Å². The summed E-state index contributed by atoms with van der Waals surface area (Å²) in [5, 5.41) is 1.75. The first-order valence-corrected chi connectivity index (χ1v) is 8.11. The van der Waals surface area contributed by atoms with E-state index in [2.05, 4.69) is 69.9 Å². The highest BCUT2D eigenvalue weighted by molar-refractivity contribution is 6.92. The molecule has 0 nitrogen and oxygen atoms in total. The van der Waals surface area contributed by atoms with Gasteiger partial charge in [-0.15, -0.1) is 6.58 Å². The molecule has 1 aromatic rings. The molecule has 0 unspecified atom stereocenters. The minimum atomic E-state index is -1.43. The van der Waals surface area contributed by atoms with E-state index in [1.54, 1.807) is 0 Å². The van der Waals surface area contributed by atoms with Crippen LogP contribution in [0.25, 0.3) is 0 Å². The van der Waals surface area contributed by atoms with Gasteiger partial charge in [0, 0.05) is 0 Å². The van der Waals surface area contributed by atoms with Gasteiger partial charge in [0.1, 0.15) is 0 Å². The standard InChI is InChI=1S/C13H20Si/c1-6-13(2,3)14(4,5)12-10-8-7-9-11-12/h6-11H,1H2,2-5H3. The summed E-state index contributed by atoms with van der Waals surface area (Å²) in [5.74, 6) is 0. The molecule has 0 amide bonds. The first-order valence-electron chi connectivity index (χ1n) is 5.11. The van der Waals surface area contributed by atoms with Crippen LogP contribution in [0.5, 0.6) is 0 Å². The largest absolute Gasteiger partial charge is 0.103 e. The zero-order valence-corrected chi connectivity index (χ0v) is 10.7. The van der Waals surface area contributed by atoms with Crippen LogP contribution in [0.2, 0.25) is 18.1 Å². The van der Waals surface area contributed by atoms with Crippen molar-refractivity contribution < 1.29 is 0 Å². The molecule has 1 rings (SSSR count). The molecule has 1 heteroatoms. The Balaban J connectivity index is 3.14. The van der Waals surface area contributed by atoms with Gasteiger partial charge < -0.3 is 0 Å². The summed E-state index contributed by atoms with van der Waals surface area (Å²) in [7, 11) is -1.43. The van der Waals surface area contributed by atoms with Gasteiger partial charge in [0.15, 0.2) is 0 Å². The van der Waals surface area contributed by atoms with Crippen LogP contribution in [-0.4, -0.2) is 8.07 Å². The lowest BCUT2D eigenvalue weighted by atomic mass is 10.2. The average molecular weight is 204 g/mol. The summed E-state index contributed by atoms with van der Waals surface area (Å²) >= 11 is 0. The summed E-state index contributed by atoms with van der Waals surface area (Å²) in [4.78, 5) is 0. The van der Waals surface area contributed by atoms with Gasteiger partial charge in [0.2, 0.25) is 0 Å². The summed E-state index contributed by atoms with van der Waals surface area (Å²) < 4.78 is 0. The molecule has 1 aromatic carbocycles. The van der Waals surface area contributed by atoms with E-state index in [9.17, 15) is 0 Å². The van der Waals surface area contributed by atoms with Gasteiger partial charge in [-0.3, -0.25) is 0 Å². The molecule has 0 bridgehead atoms. The van der Waals surface area contributed by atoms with Crippen molar-refractivity contribution in [3.8, 4) is 0 Å². The molecular formula is C13H20Si. The highest BCUT2D eigenvalue weighted by Gasteiger charge is 2.37. The maximum Gasteiger partial charge on any atom is 0.0898 e. The number of rotatable bonds is 3. The Morgan fingerprint density at radius 3 is 2.07 bits per heavy atom. The molecule has 0 saturated carbocycles. The SMILES string of the molecule is C=CC(C)(C)[Si](C)(C)c1ccccc1. The second-order valence-corrected chi connectivity index (χ2v) is 10.0. The molecule has 0 radical (unpaired) electrons. The molecule has 76 valence electrons. The lowest BCUT2D eigenvalue weighted by molar-refractivity contribution is 0.820. The molecular weight excluding hydrogens is 184 g/mol. The van der Waals surface area contributed by atoms with E-state index in [4.69, 9.17) is 0 Å². The minimum absolute atomic E-state index is 0.244. The monoisotopic (exact) mass is 204 g/mol. The second kappa shape index (κ2) is 3.74. The Labute approximate surface area is 88.7 Å². The van der Waals surface area contributed by atoms with Crippen LogP contribution < -0.4 is 5.19 Å². The third-order valence-electron chi connectivity index (χ3n) is 3.62. The van der Waals surface area contributed by atoms with Crippen LogP contribution in [0, 0.1) is 0 Å². The van der Waals surface area contributed by atoms with Gasteiger partial charge in [-0.25, -0.2) is 0 Å². The molecule has 0 saturated heterocycles. The third kappa shape index (κ3) is 1.83. The van der Waals surface area contributed by atoms with Gasteiger partial charge in [-0.2, -0.15) is 0 Å². The van der Waals surface area contributed by atoms with Gasteiger partial charge >= 0.3 is 0 Å². The molecule has 0 aliphatic rings. The Morgan fingerprint density at radius 1 is 1.14 bits per heavy atom. The summed E-state index contributed by atoms with van der Waals surface area (Å²) in [6.45, 7) is 13.4. The Kier molecular flexibility index (Phi) is 3.00. The van der Waals surface area contributed by atoms with Gasteiger partial charge in [-0.05, 0) is 5.04 Å². The smallest absolute Gasteiger partial charge is 0.0898 e. The van der Waals surface area contributed by atoms with E-state index in [-0.39, 0.29) is 5.04 Å². The van der Waals surface area contributed by atoms with E-state index in [0.29, 0.717) is 0 Å². The lowest BCUT2D eigenvalue weighted by Crippen LogP contribution is -2.49. The van der Waals surface area contributed by atoms with E-state index < -0.39 is 8.07 Å². The van der Waals surface area contributed by atoms with Crippen LogP contribution in [0.1, 0.15) is 13.8 Å². The Bertz CT molecular complexity index is 309. The normalized spacial score (nSPS) is 12.6. The molecule has 0 atom stereocenters. The fraction of sp³-hybridized carbons (Fsp3) is 0.385. The van der Waals surface area contributed by atoms with Crippen molar-refractivity contribution in [3.63, 3.8) is 0 Å². The van der Waals surface area contributed by atoms with Gasteiger partial charge in [0.25, 0.3) is 0 Å². The predicted octanol–water partition coefficient (Wildman–Crippen LogP) is 3.57. The predicted molar refractivity (Wildman–Crippen MR) is 67.8 cm³/mol. The average Bonchev–Trinajstić information content (AvgIpc) is 2.19. The van der Waals surface area contributed by atoms with E-state index in [1.807, 2.05) is 0 Å². The number of allylic oxidation sites excluding steroid dienone is 1. The van der Waals surface area contributed by atoms with Crippen molar-refractivity contribution in [3.05, 3.63) is 43.0 Å². The first-order chi connectivity index (χ1) is 6.42. The van der Waals surface area contributed by atoms with Crippen LogP contribution in [-0.2, 0) is 0 Å². The van der Waals surface area contributed by atoms with Gasteiger partial charge in [0.05, 0.1) is 8.07 Å². The maximum atomic E-state index is 3.96. The summed E-state index contributed by atoms with van der Waals surface area (Å²) in [6, 6.07) is 10.8. The molecule has 0 aliphatic carbocycles. The summed E-state index contributed by atoms with van der Waals surface area (Å²) in [6.07, 6.45) is 2.10. The highest BCUT2D eigenvalue weighted by atomic mass is 28.3. The van der Waals surface area contributed by atoms with E-state index in [1.165, 1.54) is 5.19 Å². The topological polar surface area (TPSA) is 0 Å². The molecule has 0 N–H and O–H groups in total. The van der Waals surface area contributed by atoms with E-state index in [0.717, 1.165) is 0 Å². The molecule has 0 fully saturated rings. The fourth-order valence-corrected chi connectivity index (χ4v) is 3.76. The van der Waals surface area contributed by atoms with Crippen LogP contribution in [0.15, 0.2) is 43.0 Å². The van der Waals surface area contributed by atoms with Crippen LogP contribution in [0.4, 0.5) is 0 Å². The van der Waals surface area contributed by atoms with E-state index >= 15 is 0 Å². The second-order valence-electron chi connectivity index (χ2n) is 4.92. The minimum Gasteiger partial charge on any atom is -0.103 e. The summed E-state index contributed by atoms with van der Waals surface area (Å²) in [5.41, 5.74) is 0. The maximum absolute atomic E-state index is 3.96. The molecule has 14 heavy (non-hydrogen) atoms. The number of hydrogen-bond donors (Lipinski definition) is 0. The van der Waals surface area contributed by atoms with Crippen molar-refractivity contribution in [2.45, 2.75) is 32.0 Å². The van der Waals surface area contributed by atoms with Gasteiger partial charge in [-0.1, -0.05) is 68.5 Å². The molecule has 0 aliphatic heterocycles. The van der Waals surface area contributed by atoms with Crippen LogP contribution >= 0.6 is 0 Å². The zero-order chi connectivity index (χ0) is 10.8. The molecule has 0 aromatic heterocycles. The molecule has 0 heterocycles. The fourth-order valence-electron chi connectivity index (χ4n) is 1.48. The molecule has 0 spiro atoms. The Hall–Kier alpha value is -0.823. The van der Waals surface area contributed by atoms with Crippen molar-refractivity contribution in [1.29, 1.82) is 0 Å². The number of benzene rings is 1. The zero-order valence-electron chi connectivity index (χ0n) is 9.67. The van der Waals surface area contributed by atoms with Crippen molar-refractivity contribution in [2.24, 2.45) is 0 Å². The number of hydrogen-bond acceptors (Lipinski definition) is 0.